The van der Waals surface area contributed by atoms with Crippen LogP contribution in [0.5, 0.6) is 5.75 Å². The molecule has 100 valence electrons. The molecule has 0 aromatic heterocycles. The molecule has 18 heavy (non-hydrogen) atoms. The van der Waals surface area contributed by atoms with Gasteiger partial charge in [0.15, 0.2) is 0 Å². The first kappa shape index (κ1) is 15.1. The number of hydrogen-bond donors (Lipinski definition) is 2. The van der Waals surface area contributed by atoms with Gasteiger partial charge in [-0.2, -0.15) is 0 Å². The van der Waals surface area contributed by atoms with E-state index in [2.05, 4.69) is 5.32 Å². The molecule has 0 bridgehead atoms. The Hall–Kier alpha value is -0.970. The quantitative estimate of drug-likeness (QED) is 0.792. The molecule has 1 aromatic carbocycles. The van der Waals surface area contributed by atoms with Gasteiger partial charge in [0.25, 0.3) is 5.91 Å². The SMILES string of the molecule is COCC(Cl)CCNC(=O)c1cc(Cl)ccc1O. The van der Waals surface area contributed by atoms with Gasteiger partial charge in [0.05, 0.1) is 17.5 Å². The van der Waals surface area contributed by atoms with Gasteiger partial charge >= 0.3 is 0 Å². The van der Waals surface area contributed by atoms with Gasteiger partial charge in [0, 0.05) is 18.7 Å². The van der Waals surface area contributed by atoms with Crippen molar-refractivity contribution in [3.05, 3.63) is 28.8 Å². The van der Waals surface area contributed by atoms with Gasteiger partial charge in [-0.05, 0) is 24.6 Å². The molecule has 0 aliphatic heterocycles. The number of benzene rings is 1. The summed E-state index contributed by atoms with van der Waals surface area (Å²) in [6, 6.07) is 4.31. The highest BCUT2D eigenvalue weighted by molar-refractivity contribution is 6.31. The average Bonchev–Trinajstić information content (AvgIpc) is 2.32. The zero-order chi connectivity index (χ0) is 13.5. The lowest BCUT2D eigenvalue weighted by Crippen LogP contribution is -2.27. The predicted octanol–water partition coefficient (Wildman–Crippen LogP) is 2.42. The van der Waals surface area contributed by atoms with Gasteiger partial charge in [-0.15, -0.1) is 11.6 Å². The summed E-state index contributed by atoms with van der Waals surface area (Å²) in [6.07, 6.45) is 0.586. The summed E-state index contributed by atoms with van der Waals surface area (Å²) in [5.74, 6) is -0.479. The average molecular weight is 292 g/mol. The second-order valence-electron chi connectivity index (χ2n) is 3.76. The minimum absolute atomic E-state index is 0.101. The fourth-order valence-electron chi connectivity index (χ4n) is 1.39. The van der Waals surface area contributed by atoms with Gasteiger partial charge in [0.1, 0.15) is 5.75 Å². The molecule has 2 N–H and O–H groups in total. The molecule has 0 spiro atoms. The highest BCUT2D eigenvalue weighted by atomic mass is 35.5. The minimum Gasteiger partial charge on any atom is -0.507 e. The van der Waals surface area contributed by atoms with Crippen LogP contribution in [-0.4, -0.2) is 36.7 Å². The monoisotopic (exact) mass is 291 g/mol. The predicted molar refractivity (Wildman–Crippen MR) is 71.6 cm³/mol. The first-order chi connectivity index (χ1) is 8.54. The molecule has 0 saturated heterocycles. The third kappa shape index (κ3) is 4.72. The van der Waals surface area contributed by atoms with Crippen molar-refractivity contribution in [2.45, 2.75) is 11.8 Å². The number of amides is 1. The number of carbonyl (C=O) groups is 1. The molecule has 4 nitrogen and oxygen atoms in total. The highest BCUT2D eigenvalue weighted by Gasteiger charge is 2.12. The van der Waals surface area contributed by atoms with Crippen molar-refractivity contribution in [2.75, 3.05) is 20.3 Å². The zero-order valence-electron chi connectivity index (χ0n) is 9.95. The van der Waals surface area contributed by atoms with Crippen LogP contribution >= 0.6 is 23.2 Å². The maximum Gasteiger partial charge on any atom is 0.255 e. The van der Waals surface area contributed by atoms with Gasteiger partial charge in [-0.3, -0.25) is 4.79 Å². The van der Waals surface area contributed by atoms with Gasteiger partial charge in [-0.1, -0.05) is 11.6 Å². The number of nitrogens with one attached hydrogen (secondary N) is 1. The number of alkyl halides is 1. The van der Waals surface area contributed by atoms with Crippen molar-refractivity contribution in [1.29, 1.82) is 0 Å². The van der Waals surface area contributed by atoms with Crippen molar-refractivity contribution in [2.24, 2.45) is 0 Å². The Labute approximate surface area is 116 Å². The summed E-state index contributed by atoms with van der Waals surface area (Å²) >= 11 is 11.7. The van der Waals surface area contributed by atoms with Crippen molar-refractivity contribution in [3.63, 3.8) is 0 Å². The number of hydrogen-bond acceptors (Lipinski definition) is 3. The van der Waals surface area contributed by atoms with Gasteiger partial charge in [-0.25, -0.2) is 0 Å². The lowest BCUT2D eigenvalue weighted by molar-refractivity contribution is 0.0949. The van der Waals surface area contributed by atoms with Crippen LogP contribution in [0.25, 0.3) is 0 Å². The number of phenolic OH excluding ortho intramolecular Hbond substituents is 1. The molecule has 0 radical (unpaired) electrons. The van der Waals surface area contributed by atoms with Crippen LogP contribution in [0.3, 0.4) is 0 Å². The standard InChI is InChI=1S/C12H15Cl2NO3/c1-18-7-9(14)4-5-15-12(17)10-6-8(13)2-3-11(10)16/h2-3,6,9,16H,4-5,7H2,1H3,(H,15,17). The second-order valence-corrected chi connectivity index (χ2v) is 4.81. The Morgan fingerprint density at radius 3 is 2.94 bits per heavy atom. The molecule has 1 atom stereocenters. The van der Waals surface area contributed by atoms with E-state index in [4.69, 9.17) is 27.9 Å². The zero-order valence-corrected chi connectivity index (χ0v) is 11.5. The fourth-order valence-corrected chi connectivity index (χ4v) is 1.80. The largest absolute Gasteiger partial charge is 0.507 e. The van der Waals surface area contributed by atoms with Crippen molar-refractivity contribution >= 4 is 29.1 Å². The van der Waals surface area contributed by atoms with E-state index in [0.29, 0.717) is 24.6 Å². The van der Waals surface area contributed by atoms with Crippen LogP contribution < -0.4 is 5.32 Å². The molecule has 6 heteroatoms. The molecule has 0 aliphatic carbocycles. The normalized spacial score (nSPS) is 12.2. The second kappa shape index (κ2) is 7.46. The number of carbonyl (C=O) groups excluding carboxylic acids is 1. The molecule has 1 rings (SSSR count). The molecule has 1 amide bonds. The van der Waals surface area contributed by atoms with E-state index in [1.54, 1.807) is 7.11 Å². The molecule has 0 saturated carbocycles. The van der Waals surface area contributed by atoms with E-state index in [9.17, 15) is 9.90 Å². The maximum atomic E-state index is 11.8. The van der Waals surface area contributed by atoms with E-state index in [0.717, 1.165) is 0 Å². The van der Waals surface area contributed by atoms with Crippen molar-refractivity contribution in [1.82, 2.24) is 5.32 Å². The smallest absolute Gasteiger partial charge is 0.255 e. The van der Waals surface area contributed by atoms with E-state index < -0.39 is 0 Å². The van der Waals surface area contributed by atoms with Crippen molar-refractivity contribution in [3.8, 4) is 5.75 Å². The van der Waals surface area contributed by atoms with E-state index in [1.807, 2.05) is 0 Å². The summed E-state index contributed by atoms with van der Waals surface area (Å²) in [7, 11) is 1.57. The maximum absolute atomic E-state index is 11.8. The highest BCUT2D eigenvalue weighted by Crippen LogP contribution is 2.21. The fraction of sp³-hybridized carbons (Fsp3) is 0.417. The number of methoxy groups -OCH3 is 1. The summed E-state index contributed by atoms with van der Waals surface area (Å²) in [5.41, 5.74) is 0.153. The van der Waals surface area contributed by atoms with Crippen LogP contribution in [0.2, 0.25) is 5.02 Å². The summed E-state index contributed by atoms with van der Waals surface area (Å²) < 4.78 is 4.88. The topological polar surface area (TPSA) is 58.6 Å². The summed E-state index contributed by atoms with van der Waals surface area (Å²) in [5, 5.41) is 12.4. The Balaban J connectivity index is 2.48. The number of aromatic hydroxyl groups is 1. The molecule has 0 heterocycles. The number of phenols is 1. The number of halogens is 2. The van der Waals surface area contributed by atoms with Crippen LogP contribution in [-0.2, 0) is 4.74 Å². The molecular weight excluding hydrogens is 277 g/mol. The molecular formula is C12H15Cl2NO3. The Morgan fingerprint density at radius 1 is 1.56 bits per heavy atom. The minimum atomic E-state index is -0.378. The Morgan fingerprint density at radius 2 is 2.28 bits per heavy atom. The van der Waals surface area contributed by atoms with Gasteiger partial charge < -0.3 is 15.2 Å². The number of ether oxygens (including phenoxy) is 1. The Kier molecular flexibility index (Phi) is 6.25. The third-order valence-corrected chi connectivity index (χ3v) is 2.87. The van der Waals surface area contributed by atoms with E-state index in [1.165, 1.54) is 18.2 Å². The van der Waals surface area contributed by atoms with Crippen LogP contribution in [0, 0.1) is 0 Å². The van der Waals surface area contributed by atoms with Crippen LogP contribution in [0.15, 0.2) is 18.2 Å². The molecule has 0 fully saturated rings. The number of rotatable bonds is 6. The van der Waals surface area contributed by atoms with Crippen LogP contribution in [0.1, 0.15) is 16.8 Å². The summed E-state index contributed by atoms with van der Waals surface area (Å²) in [6.45, 7) is 0.835. The third-order valence-electron chi connectivity index (χ3n) is 2.29. The van der Waals surface area contributed by atoms with Gasteiger partial charge in [0.2, 0.25) is 0 Å². The van der Waals surface area contributed by atoms with Crippen LogP contribution in [0.4, 0.5) is 0 Å². The lowest BCUT2D eigenvalue weighted by Gasteiger charge is -2.10. The first-order valence-corrected chi connectivity index (χ1v) is 6.25. The Bertz CT molecular complexity index is 412. The van der Waals surface area contributed by atoms with E-state index >= 15 is 0 Å². The lowest BCUT2D eigenvalue weighted by atomic mass is 10.2. The molecule has 0 aliphatic rings. The molecule has 1 aromatic rings. The molecule has 1 unspecified atom stereocenters. The van der Waals surface area contributed by atoms with E-state index in [-0.39, 0.29) is 22.6 Å². The van der Waals surface area contributed by atoms with Crippen molar-refractivity contribution < 1.29 is 14.6 Å². The first-order valence-electron chi connectivity index (χ1n) is 5.44. The summed E-state index contributed by atoms with van der Waals surface area (Å²) in [4.78, 5) is 11.8.